The quantitative estimate of drug-likeness (QED) is 0.654. The summed E-state index contributed by atoms with van der Waals surface area (Å²) in [6.07, 6.45) is 6.05. The van der Waals surface area contributed by atoms with Gasteiger partial charge in [-0.25, -0.2) is 4.79 Å². The summed E-state index contributed by atoms with van der Waals surface area (Å²) in [4.78, 5) is 22.9. The number of fused-ring (bicyclic) bond motifs is 1. The number of cyclic esters (lactones) is 1. The van der Waals surface area contributed by atoms with Gasteiger partial charge in [0.2, 0.25) is 0 Å². The van der Waals surface area contributed by atoms with Crippen molar-refractivity contribution in [3.63, 3.8) is 0 Å². The Morgan fingerprint density at radius 2 is 2.21 bits per heavy atom. The van der Waals surface area contributed by atoms with Gasteiger partial charge < -0.3 is 14.9 Å². The van der Waals surface area contributed by atoms with Crippen LogP contribution < -0.4 is 0 Å². The van der Waals surface area contributed by atoms with E-state index in [1.807, 2.05) is 13.0 Å². The number of hydrogen-bond acceptors (Lipinski definition) is 4. The normalized spacial score (nSPS) is 21.0. The van der Waals surface area contributed by atoms with E-state index in [4.69, 9.17) is 9.84 Å². The van der Waals surface area contributed by atoms with Crippen molar-refractivity contribution in [2.45, 2.75) is 39.2 Å². The fourth-order valence-electron chi connectivity index (χ4n) is 3.61. The number of carboxylic acids is 1. The van der Waals surface area contributed by atoms with E-state index in [-0.39, 0.29) is 23.8 Å². The topological polar surface area (TPSA) is 83.8 Å². The summed E-state index contributed by atoms with van der Waals surface area (Å²) in [6.45, 7) is 5.89. The van der Waals surface area contributed by atoms with Gasteiger partial charge >= 0.3 is 11.9 Å². The zero-order chi connectivity index (χ0) is 17.4. The molecule has 1 unspecified atom stereocenters. The van der Waals surface area contributed by atoms with Crippen molar-refractivity contribution < 1.29 is 24.5 Å². The van der Waals surface area contributed by atoms with Gasteiger partial charge in [0.1, 0.15) is 17.9 Å². The molecular formula is C19H20O5. The predicted molar refractivity (Wildman–Crippen MR) is 88.8 cm³/mol. The highest BCUT2D eigenvalue weighted by Crippen LogP contribution is 2.39. The molecule has 0 saturated heterocycles. The minimum Gasteiger partial charge on any atom is -0.507 e. The van der Waals surface area contributed by atoms with E-state index in [1.54, 1.807) is 6.08 Å². The van der Waals surface area contributed by atoms with E-state index in [9.17, 15) is 14.7 Å². The lowest BCUT2D eigenvalue weighted by Gasteiger charge is -2.14. The lowest BCUT2D eigenvalue weighted by atomic mass is 9.90. The number of benzene rings is 1. The zero-order valence-corrected chi connectivity index (χ0v) is 13.6. The number of carboxylic acid groups (broad SMARTS) is 1. The molecule has 1 fully saturated rings. The summed E-state index contributed by atoms with van der Waals surface area (Å²) < 4.78 is 5.04. The predicted octanol–water partition coefficient (Wildman–Crippen LogP) is 3.37. The highest BCUT2D eigenvalue weighted by molar-refractivity contribution is 5.98. The molecule has 24 heavy (non-hydrogen) atoms. The smallest absolute Gasteiger partial charge is 0.342 e. The molecular weight excluding hydrogens is 308 g/mol. The Kier molecular flexibility index (Phi) is 4.18. The standard InChI is InChI=1S/C19H20O5/c1-3-13-10(2)15-9-24-19(23)16(15)17(20)14(13)7-5-11-4-6-12(8-11)18(21)22/h3,5,12,20H,1,4,6-9H2,2H3,(H,21,22). The van der Waals surface area contributed by atoms with Gasteiger partial charge in [0, 0.05) is 11.1 Å². The van der Waals surface area contributed by atoms with Crippen molar-refractivity contribution in [2.75, 3.05) is 0 Å². The van der Waals surface area contributed by atoms with Gasteiger partial charge in [0.25, 0.3) is 0 Å². The van der Waals surface area contributed by atoms with Crippen molar-refractivity contribution >= 4 is 18.0 Å². The molecule has 1 saturated carbocycles. The number of esters is 1. The number of hydrogen-bond donors (Lipinski definition) is 2. The zero-order valence-electron chi connectivity index (χ0n) is 13.6. The summed E-state index contributed by atoms with van der Waals surface area (Å²) in [5.74, 6) is -1.62. The van der Waals surface area contributed by atoms with E-state index in [0.29, 0.717) is 24.8 Å². The Bertz CT molecular complexity index is 773. The van der Waals surface area contributed by atoms with Crippen LogP contribution in [-0.2, 0) is 22.6 Å². The van der Waals surface area contributed by atoms with Gasteiger partial charge in [0.05, 0.1) is 5.92 Å². The van der Waals surface area contributed by atoms with Crippen LogP contribution in [0.25, 0.3) is 6.08 Å². The number of aliphatic carboxylic acids is 1. The Labute approximate surface area is 140 Å². The number of phenols is 1. The van der Waals surface area contributed by atoms with E-state index < -0.39 is 11.9 Å². The Hall–Kier alpha value is -2.56. The SMILES string of the molecule is C=Cc1c(C)c2c(c(O)c1CC=C1CCC(C(=O)O)C1)C(=O)OC2. The molecule has 1 aliphatic carbocycles. The van der Waals surface area contributed by atoms with E-state index in [1.165, 1.54) is 0 Å². The van der Waals surface area contributed by atoms with Gasteiger partial charge in [-0.3, -0.25) is 4.79 Å². The molecule has 0 radical (unpaired) electrons. The first kappa shape index (κ1) is 16.3. The molecule has 0 amide bonds. The average molecular weight is 328 g/mol. The maximum absolute atomic E-state index is 11.9. The fraction of sp³-hybridized carbons (Fsp3) is 0.368. The lowest BCUT2D eigenvalue weighted by molar-refractivity contribution is -0.141. The minimum atomic E-state index is -0.760. The molecule has 2 N–H and O–H groups in total. The van der Waals surface area contributed by atoms with Crippen LogP contribution in [0.5, 0.6) is 5.75 Å². The van der Waals surface area contributed by atoms with Crippen LogP contribution in [0.1, 0.15) is 51.9 Å². The molecule has 5 heteroatoms. The highest BCUT2D eigenvalue weighted by Gasteiger charge is 2.31. The minimum absolute atomic E-state index is 0.0439. The number of allylic oxidation sites excluding steroid dienone is 2. The largest absolute Gasteiger partial charge is 0.507 e. The van der Waals surface area contributed by atoms with Gasteiger partial charge in [-0.2, -0.15) is 0 Å². The molecule has 0 aromatic heterocycles. The number of phenolic OH excluding ortho intramolecular Hbond substituents is 1. The van der Waals surface area contributed by atoms with Gasteiger partial charge in [-0.15, -0.1) is 0 Å². The van der Waals surface area contributed by atoms with Crippen molar-refractivity contribution in [3.05, 3.63) is 46.0 Å². The van der Waals surface area contributed by atoms with Crippen LogP contribution in [0.3, 0.4) is 0 Å². The Morgan fingerprint density at radius 1 is 1.46 bits per heavy atom. The second-order valence-electron chi connectivity index (χ2n) is 6.34. The summed E-state index contributed by atoms with van der Waals surface area (Å²) in [7, 11) is 0. The summed E-state index contributed by atoms with van der Waals surface area (Å²) in [5, 5.41) is 19.6. The first-order valence-corrected chi connectivity index (χ1v) is 8.01. The van der Waals surface area contributed by atoms with Crippen LogP contribution in [0.2, 0.25) is 0 Å². The monoisotopic (exact) mass is 328 g/mol. The van der Waals surface area contributed by atoms with Gasteiger partial charge in [0.15, 0.2) is 0 Å². The van der Waals surface area contributed by atoms with Crippen LogP contribution >= 0.6 is 0 Å². The summed E-state index contributed by atoms with van der Waals surface area (Å²) >= 11 is 0. The number of carbonyl (C=O) groups is 2. The van der Waals surface area contributed by atoms with Gasteiger partial charge in [-0.05, 0) is 43.7 Å². The summed E-state index contributed by atoms with van der Waals surface area (Å²) in [6, 6.07) is 0. The van der Waals surface area contributed by atoms with Crippen molar-refractivity contribution in [1.29, 1.82) is 0 Å². The first-order valence-electron chi connectivity index (χ1n) is 8.01. The second kappa shape index (κ2) is 6.15. The van der Waals surface area contributed by atoms with Crippen molar-refractivity contribution in [2.24, 2.45) is 5.92 Å². The van der Waals surface area contributed by atoms with Gasteiger partial charge in [-0.1, -0.05) is 24.3 Å². The molecule has 1 aliphatic heterocycles. The van der Waals surface area contributed by atoms with Crippen molar-refractivity contribution in [1.82, 2.24) is 0 Å². The van der Waals surface area contributed by atoms with Crippen molar-refractivity contribution in [3.8, 4) is 5.75 Å². The lowest BCUT2D eigenvalue weighted by Crippen LogP contribution is -2.08. The molecule has 126 valence electrons. The number of aromatic hydroxyl groups is 1. The van der Waals surface area contributed by atoms with E-state index in [2.05, 4.69) is 6.58 Å². The molecule has 0 spiro atoms. The third-order valence-electron chi connectivity index (χ3n) is 5.03. The molecule has 1 aromatic rings. The third-order valence-corrected chi connectivity index (χ3v) is 5.03. The second-order valence-corrected chi connectivity index (χ2v) is 6.34. The van der Waals surface area contributed by atoms with Crippen LogP contribution in [0.4, 0.5) is 0 Å². The highest BCUT2D eigenvalue weighted by atomic mass is 16.5. The fourth-order valence-corrected chi connectivity index (χ4v) is 3.61. The first-order chi connectivity index (χ1) is 11.4. The Morgan fingerprint density at radius 3 is 2.83 bits per heavy atom. The molecule has 2 aliphatic rings. The number of ether oxygens (including phenoxy) is 1. The molecule has 1 atom stereocenters. The third kappa shape index (κ3) is 2.60. The average Bonchev–Trinajstić information content (AvgIpc) is 3.16. The Balaban J connectivity index is 1.96. The van der Waals surface area contributed by atoms with E-state index >= 15 is 0 Å². The maximum Gasteiger partial charge on any atom is 0.342 e. The molecule has 0 bridgehead atoms. The summed E-state index contributed by atoms with van der Waals surface area (Å²) in [5.41, 5.74) is 4.40. The molecule has 3 rings (SSSR count). The maximum atomic E-state index is 11.9. The van der Waals surface area contributed by atoms with E-state index in [0.717, 1.165) is 28.7 Å². The number of rotatable bonds is 4. The van der Waals surface area contributed by atoms with Crippen LogP contribution in [-0.4, -0.2) is 22.2 Å². The molecule has 1 heterocycles. The van der Waals surface area contributed by atoms with Crippen LogP contribution in [0, 0.1) is 12.8 Å². The molecule has 1 aromatic carbocycles. The van der Waals surface area contributed by atoms with Crippen LogP contribution in [0.15, 0.2) is 18.2 Å². The number of carbonyl (C=O) groups excluding carboxylic acids is 1. The molecule has 5 nitrogen and oxygen atoms in total.